The van der Waals surface area contributed by atoms with Crippen LogP contribution in [0, 0.1) is 6.92 Å². The van der Waals surface area contributed by atoms with Crippen LogP contribution in [0.5, 0.6) is 0 Å². The van der Waals surface area contributed by atoms with Gasteiger partial charge in [-0.3, -0.25) is 4.79 Å². The first-order valence-electron chi connectivity index (χ1n) is 10.4. The highest BCUT2D eigenvalue weighted by molar-refractivity contribution is 5.88. The molecule has 1 aromatic carbocycles. The maximum Gasteiger partial charge on any atom is 0.164 e. The average Bonchev–Trinajstić information content (AvgIpc) is 3.41. The van der Waals surface area contributed by atoms with Crippen LogP contribution in [-0.2, 0) is 16.1 Å². The van der Waals surface area contributed by atoms with Gasteiger partial charge in [-0.1, -0.05) is 23.8 Å². The van der Waals surface area contributed by atoms with Crippen LogP contribution in [0.15, 0.2) is 48.9 Å². The number of carbonyl (C=O) groups excluding carboxylic acids is 1. The van der Waals surface area contributed by atoms with Crippen LogP contribution in [0.3, 0.4) is 0 Å². The number of morpholine rings is 1. The molecular formula is C23H24N6O2. The van der Waals surface area contributed by atoms with Crippen molar-refractivity contribution in [3.63, 3.8) is 0 Å². The number of nitrogens with zero attached hydrogens (tertiary/aromatic N) is 6. The molecule has 0 unspecified atom stereocenters. The zero-order chi connectivity index (χ0) is 21.4. The van der Waals surface area contributed by atoms with E-state index < -0.39 is 0 Å². The lowest BCUT2D eigenvalue weighted by Gasteiger charge is -2.29. The van der Waals surface area contributed by atoms with Crippen molar-refractivity contribution < 1.29 is 9.53 Å². The highest BCUT2D eigenvalue weighted by Gasteiger charge is 2.20. The lowest BCUT2D eigenvalue weighted by Crippen LogP contribution is -2.36. The van der Waals surface area contributed by atoms with E-state index >= 15 is 0 Å². The Kier molecular flexibility index (Phi) is 4.99. The van der Waals surface area contributed by atoms with Gasteiger partial charge in [0.15, 0.2) is 11.5 Å². The molecule has 1 fully saturated rings. The summed E-state index contributed by atoms with van der Waals surface area (Å²) in [5, 5.41) is 4.77. The molecule has 0 saturated carbocycles. The fourth-order valence-corrected chi connectivity index (χ4v) is 3.93. The van der Waals surface area contributed by atoms with E-state index in [0.29, 0.717) is 24.7 Å². The van der Waals surface area contributed by atoms with Crippen molar-refractivity contribution in [1.29, 1.82) is 0 Å². The van der Waals surface area contributed by atoms with E-state index in [9.17, 15) is 4.79 Å². The van der Waals surface area contributed by atoms with Gasteiger partial charge in [0.25, 0.3) is 0 Å². The topological polar surface area (TPSA) is 78.1 Å². The molecule has 0 radical (unpaired) electrons. The number of hydrogen-bond donors (Lipinski definition) is 0. The minimum atomic E-state index is 0.0558. The van der Waals surface area contributed by atoms with Crippen LogP contribution in [0.1, 0.15) is 12.5 Å². The molecule has 0 spiro atoms. The highest BCUT2D eigenvalue weighted by Crippen LogP contribution is 2.28. The van der Waals surface area contributed by atoms with Gasteiger partial charge in [-0.2, -0.15) is 5.10 Å². The molecular weight excluding hydrogens is 392 g/mol. The van der Waals surface area contributed by atoms with Gasteiger partial charge >= 0.3 is 0 Å². The number of anilines is 1. The number of Topliss-reactive ketones (excluding diaryl/α,β-unsaturated/α-hetero) is 1. The zero-order valence-corrected chi connectivity index (χ0v) is 17.7. The maximum absolute atomic E-state index is 11.8. The first-order valence-corrected chi connectivity index (χ1v) is 10.4. The lowest BCUT2D eigenvalue weighted by molar-refractivity contribution is -0.117. The summed E-state index contributed by atoms with van der Waals surface area (Å²) < 4.78 is 9.11. The minimum absolute atomic E-state index is 0.0558. The van der Waals surface area contributed by atoms with Gasteiger partial charge < -0.3 is 14.2 Å². The van der Waals surface area contributed by atoms with E-state index in [1.165, 1.54) is 5.56 Å². The second kappa shape index (κ2) is 7.96. The van der Waals surface area contributed by atoms with E-state index in [1.807, 2.05) is 24.4 Å². The largest absolute Gasteiger partial charge is 0.378 e. The molecule has 31 heavy (non-hydrogen) atoms. The summed E-state index contributed by atoms with van der Waals surface area (Å²) >= 11 is 0. The summed E-state index contributed by atoms with van der Waals surface area (Å²) in [5.41, 5.74) is 5.60. The Labute approximate surface area is 180 Å². The number of ether oxygens (including phenoxy) is 1. The third-order valence-corrected chi connectivity index (χ3v) is 5.42. The molecule has 1 aliphatic rings. The van der Waals surface area contributed by atoms with Crippen molar-refractivity contribution in [2.45, 2.75) is 20.4 Å². The van der Waals surface area contributed by atoms with E-state index in [4.69, 9.17) is 14.8 Å². The van der Waals surface area contributed by atoms with E-state index in [0.717, 1.165) is 35.6 Å². The summed E-state index contributed by atoms with van der Waals surface area (Å²) in [6.45, 7) is 6.79. The van der Waals surface area contributed by atoms with Gasteiger partial charge in [0.1, 0.15) is 11.3 Å². The molecule has 4 aromatic rings. The highest BCUT2D eigenvalue weighted by atomic mass is 16.5. The second-order valence-corrected chi connectivity index (χ2v) is 7.86. The van der Waals surface area contributed by atoms with Gasteiger partial charge in [-0.15, -0.1) is 0 Å². The van der Waals surface area contributed by atoms with Crippen LogP contribution in [0.2, 0.25) is 0 Å². The fourth-order valence-electron chi connectivity index (χ4n) is 3.93. The SMILES string of the molecule is CC(=O)Cn1cnc2c(N3CCOCC3)cc(-n3ccc(-c4cccc(C)c4)n3)nc21. The number of aromatic nitrogens is 5. The van der Waals surface area contributed by atoms with Gasteiger partial charge in [-0.25, -0.2) is 14.6 Å². The van der Waals surface area contributed by atoms with E-state index in [-0.39, 0.29) is 12.3 Å². The van der Waals surface area contributed by atoms with Crippen molar-refractivity contribution in [3.8, 4) is 17.1 Å². The van der Waals surface area contributed by atoms with E-state index in [2.05, 4.69) is 35.0 Å². The number of ketones is 1. The molecule has 3 aromatic heterocycles. The van der Waals surface area contributed by atoms with Crippen LogP contribution in [-0.4, -0.2) is 56.4 Å². The number of carbonyl (C=O) groups is 1. The summed E-state index contributed by atoms with van der Waals surface area (Å²) in [6, 6.07) is 12.3. The van der Waals surface area contributed by atoms with Crippen molar-refractivity contribution in [3.05, 3.63) is 54.5 Å². The third kappa shape index (κ3) is 3.82. The number of fused-ring (bicyclic) bond motifs is 1. The molecule has 8 heteroatoms. The van der Waals surface area contributed by atoms with Crippen LogP contribution in [0.25, 0.3) is 28.2 Å². The maximum atomic E-state index is 11.8. The zero-order valence-electron chi connectivity index (χ0n) is 17.7. The summed E-state index contributed by atoms with van der Waals surface area (Å²) in [5.74, 6) is 0.749. The third-order valence-electron chi connectivity index (χ3n) is 5.42. The first-order chi connectivity index (χ1) is 15.1. The molecule has 5 rings (SSSR count). The van der Waals surface area contributed by atoms with Crippen LogP contribution < -0.4 is 4.90 Å². The number of benzene rings is 1. The number of hydrogen-bond acceptors (Lipinski definition) is 6. The van der Waals surface area contributed by atoms with Gasteiger partial charge in [-0.05, 0) is 26.0 Å². The standard InChI is InChI=1S/C23H24N6O2/c1-16-4-3-5-18(12-16)19-6-7-29(26-19)21-13-20(27-8-10-31-11-9-27)22-23(25-21)28(15-24-22)14-17(2)30/h3-7,12-13,15H,8-11,14H2,1-2H3. The molecule has 158 valence electrons. The normalized spacial score (nSPS) is 14.3. The summed E-state index contributed by atoms with van der Waals surface area (Å²) in [7, 11) is 0. The molecule has 0 aliphatic carbocycles. The Balaban J connectivity index is 1.62. The number of rotatable bonds is 5. The Morgan fingerprint density at radius 2 is 2.00 bits per heavy atom. The van der Waals surface area contributed by atoms with Gasteiger partial charge in [0.05, 0.1) is 37.5 Å². The molecule has 0 atom stereocenters. The number of pyridine rings is 1. The molecule has 0 bridgehead atoms. The average molecular weight is 416 g/mol. The second-order valence-electron chi connectivity index (χ2n) is 7.86. The van der Waals surface area contributed by atoms with Crippen molar-refractivity contribution in [2.24, 2.45) is 0 Å². The smallest absolute Gasteiger partial charge is 0.164 e. The van der Waals surface area contributed by atoms with Crippen LogP contribution in [0.4, 0.5) is 5.69 Å². The lowest BCUT2D eigenvalue weighted by atomic mass is 10.1. The van der Waals surface area contributed by atoms with Crippen molar-refractivity contribution in [2.75, 3.05) is 31.2 Å². The summed E-state index contributed by atoms with van der Waals surface area (Å²) in [6.07, 6.45) is 3.61. The Hall–Kier alpha value is -3.52. The predicted octanol–water partition coefficient (Wildman–Crippen LogP) is 3.02. The van der Waals surface area contributed by atoms with Gasteiger partial charge in [0, 0.05) is 30.9 Å². The van der Waals surface area contributed by atoms with Crippen LogP contribution >= 0.6 is 0 Å². The predicted molar refractivity (Wildman–Crippen MR) is 119 cm³/mol. The number of aryl methyl sites for hydroxylation is 1. The van der Waals surface area contributed by atoms with Gasteiger partial charge in [0.2, 0.25) is 0 Å². The van der Waals surface area contributed by atoms with Crippen molar-refractivity contribution in [1.82, 2.24) is 24.3 Å². The summed E-state index contributed by atoms with van der Waals surface area (Å²) in [4.78, 5) is 23.4. The quantitative estimate of drug-likeness (QED) is 0.498. The molecule has 4 heterocycles. The first kappa shape index (κ1) is 19.4. The Morgan fingerprint density at radius 1 is 1.16 bits per heavy atom. The molecule has 8 nitrogen and oxygen atoms in total. The monoisotopic (exact) mass is 416 g/mol. The molecule has 0 amide bonds. The number of imidazole rings is 1. The Morgan fingerprint density at radius 3 is 2.77 bits per heavy atom. The Bertz CT molecular complexity index is 1250. The molecule has 1 saturated heterocycles. The van der Waals surface area contributed by atoms with Crippen molar-refractivity contribution >= 4 is 22.6 Å². The minimum Gasteiger partial charge on any atom is -0.378 e. The van der Waals surface area contributed by atoms with E-state index in [1.54, 1.807) is 22.5 Å². The molecule has 0 N–H and O–H groups in total. The fraction of sp³-hybridized carbons (Fsp3) is 0.304. The molecule has 1 aliphatic heterocycles.